The highest BCUT2D eigenvalue weighted by atomic mass is 16.6. The lowest BCUT2D eigenvalue weighted by Crippen LogP contribution is -2.38. The Kier molecular flexibility index (Phi) is 3.66. The molecule has 1 N–H and O–H groups in total. The summed E-state index contributed by atoms with van der Waals surface area (Å²) in [6, 6.07) is 0. The Bertz CT molecular complexity index is 809. The number of aromatic hydroxyl groups is 1. The van der Waals surface area contributed by atoms with Crippen LogP contribution < -0.4 is 11.2 Å². The van der Waals surface area contributed by atoms with Gasteiger partial charge in [-0.05, 0) is 31.8 Å². The summed E-state index contributed by atoms with van der Waals surface area (Å²) in [5.41, 5.74) is -1.39. The highest BCUT2D eigenvalue weighted by molar-refractivity contribution is 5.96. The fourth-order valence-corrected chi connectivity index (χ4v) is 3.46. The van der Waals surface area contributed by atoms with Crippen molar-refractivity contribution in [2.24, 2.45) is 14.1 Å². The molecule has 0 bridgehead atoms. The second-order valence-electron chi connectivity index (χ2n) is 6.42. The molecule has 0 aromatic carbocycles. The average molecular weight is 320 g/mol. The number of nitrogens with zero attached hydrogens (tertiary/aromatic N) is 2. The summed E-state index contributed by atoms with van der Waals surface area (Å²) >= 11 is 0. The first-order valence-corrected chi connectivity index (χ1v) is 7.77. The van der Waals surface area contributed by atoms with Crippen LogP contribution in [0.15, 0.2) is 15.2 Å². The largest absolute Gasteiger partial charge is 0.494 e. The van der Waals surface area contributed by atoms with Gasteiger partial charge in [0.1, 0.15) is 11.2 Å². The lowest BCUT2D eigenvalue weighted by Gasteiger charge is -2.31. The van der Waals surface area contributed by atoms with Crippen LogP contribution in [0.25, 0.3) is 6.08 Å². The van der Waals surface area contributed by atoms with Crippen LogP contribution in [0.5, 0.6) is 5.88 Å². The molecule has 0 amide bonds. The lowest BCUT2D eigenvalue weighted by molar-refractivity contribution is -0.148. The van der Waals surface area contributed by atoms with Crippen LogP contribution in [-0.4, -0.2) is 25.8 Å². The van der Waals surface area contributed by atoms with Gasteiger partial charge in [0, 0.05) is 26.1 Å². The monoisotopic (exact) mass is 320 g/mol. The Hall–Kier alpha value is -2.31. The van der Waals surface area contributed by atoms with Crippen molar-refractivity contribution in [2.75, 3.05) is 0 Å². The molecule has 3 rings (SSSR count). The van der Waals surface area contributed by atoms with Crippen molar-refractivity contribution in [3.63, 3.8) is 0 Å². The van der Waals surface area contributed by atoms with E-state index in [4.69, 9.17) is 4.74 Å². The highest BCUT2D eigenvalue weighted by Gasteiger charge is 2.44. The number of aromatic nitrogens is 2. The summed E-state index contributed by atoms with van der Waals surface area (Å²) in [7, 11) is 2.70. The van der Waals surface area contributed by atoms with Gasteiger partial charge in [-0.2, -0.15) is 0 Å². The summed E-state index contributed by atoms with van der Waals surface area (Å²) in [5.74, 6) is -0.884. The Morgan fingerprint density at radius 3 is 2.39 bits per heavy atom. The fraction of sp³-hybridized carbons (Fsp3) is 0.562. The topological polar surface area (TPSA) is 90.5 Å². The summed E-state index contributed by atoms with van der Waals surface area (Å²) in [4.78, 5) is 36.1. The standard InChI is InChI=1S/C16H20N2O5/c1-17-12(19)11(13(20)18(2)15(17)22)8-10-9-16(23-14(10)21)6-4-3-5-7-16/h8,19H,3-7,9H2,1-2H3. The maximum absolute atomic E-state index is 12.2. The molecule has 1 aromatic heterocycles. The zero-order chi connectivity index (χ0) is 16.8. The molecule has 0 unspecified atom stereocenters. The van der Waals surface area contributed by atoms with Gasteiger partial charge in [0.2, 0.25) is 5.88 Å². The van der Waals surface area contributed by atoms with Gasteiger partial charge >= 0.3 is 11.7 Å². The Labute approximate surface area is 132 Å². The minimum absolute atomic E-state index is 0.0607. The molecule has 1 saturated carbocycles. The van der Waals surface area contributed by atoms with Crippen LogP contribution in [0.2, 0.25) is 0 Å². The number of carbonyl (C=O) groups excluding carboxylic acids is 1. The van der Waals surface area contributed by atoms with Gasteiger partial charge in [0.25, 0.3) is 5.56 Å². The maximum atomic E-state index is 12.2. The first-order valence-electron chi connectivity index (χ1n) is 7.77. The first kappa shape index (κ1) is 15.6. The number of ether oxygens (including phenoxy) is 1. The number of rotatable bonds is 1. The molecule has 2 aliphatic rings. The predicted molar refractivity (Wildman–Crippen MR) is 83.1 cm³/mol. The van der Waals surface area contributed by atoms with Gasteiger partial charge < -0.3 is 9.84 Å². The first-order chi connectivity index (χ1) is 10.8. The van der Waals surface area contributed by atoms with Crippen LogP contribution in [-0.2, 0) is 23.6 Å². The molecule has 0 atom stereocenters. The highest BCUT2D eigenvalue weighted by Crippen LogP contribution is 2.42. The van der Waals surface area contributed by atoms with Gasteiger partial charge in [0.05, 0.1) is 0 Å². The van der Waals surface area contributed by atoms with Crippen LogP contribution in [0, 0.1) is 0 Å². The van der Waals surface area contributed by atoms with E-state index >= 15 is 0 Å². The normalized spacial score (nSPS) is 21.8. The van der Waals surface area contributed by atoms with Crippen LogP contribution >= 0.6 is 0 Å². The van der Waals surface area contributed by atoms with Gasteiger partial charge in [0.15, 0.2) is 0 Å². The summed E-state index contributed by atoms with van der Waals surface area (Å²) < 4.78 is 7.45. The summed E-state index contributed by atoms with van der Waals surface area (Å²) in [6.45, 7) is 0. The smallest absolute Gasteiger partial charge is 0.334 e. The number of esters is 1. The van der Waals surface area contributed by atoms with E-state index in [2.05, 4.69) is 0 Å². The molecule has 1 aromatic rings. The molecule has 7 heteroatoms. The van der Waals surface area contributed by atoms with Crippen molar-refractivity contribution >= 4 is 12.0 Å². The third-order valence-corrected chi connectivity index (χ3v) is 4.83. The third-order valence-electron chi connectivity index (χ3n) is 4.83. The lowest BCUT2D eigenvalue weighted by atomic mass is 9.82. The molecule has 124 valence electrons. The van der Waals surface area contributed by atoms with E-state index in [1.54, 1.807) is 0 Å². The van der Waals surface area contributed by atoms with Gasteiger partial charge in [-0.3, -0.25) is 13.9 Å². The van der Waals surface area contributed by atoms with Crippen molar-refractivity contribution < 1.29 is 14.6 Å². The van der Waals surface area contributed by atoms with Crippen molar-refractivity contribution in [2.45, 2.75) is 44.1 Å². The van der Waals surface area contributed by atoms with Crippen molar-refractivity contribution in [1.82, 2.24) is 9.13 Å². The zero-order valence-corrected chi connectivity index (χ0v) is 13.3. The van der Waals surface area contributed by atoms with E-state index in [0.717, 1.165) is 41.2 Å². The Balaban J connectivity index is 2.05. The van der Waals surface area contributed by atoms with Crippen molar-refractivity contribution in [3.05, 3.63) is 32.0 Å². The average Bonchev–Trinajstić information content (AvgIpc) is 2.83. The maximum Gasteiger partial charge on any atom is 0.334 e. The number of hydrogen-bond donors (Lipinski definition) is 1. The van der Waals surface area contributed by atoms with E-state index in [-0.39, 0.29) is 5.56 Å². The molecular weight excluding hydrogens is 300 g/mol. The molecule has 1 saturated heterocycles. The zero-order valence-electron chi connectivity index (χ0n) is 13.3. The molecule has 1 spiro atoms. The molecule has 23 heavy (non-hydrogen) atoms. The van der Waals surface area contributed by atoms with E-state index in [1.165, 1.54) is 20.2 Å². The molecule has 1 aliphatic carbocycles. The van der Waals surface area contributed by atoms with E-state index in [9.17, 15) is 19.5 Å². The van der Waals surface area contributed by atoms with Crippen LogP contribution in [0.4, 0.5) is 0 Å². The van der Waals surface area contributed by atoms with E-state index in [1.807, 2.05) is 0 Å². The van der Waals surface area contributed by atoms with E-state index in [0.29, 0.717) is 12.0 Å². The van der Waals surface area contributed by atoms with E-state index < -0.39 is 28.7 Å². The fourth-order valence-electron chi connectivity index (χ4n) is 3.46. The van der Waals surface area contributed by atoms with Crippen molar-refractivity contribution in [3.8, 4) is 5.88 Å². The molecule has 1 aliphatic heterocycles. The Morgan fingerprint density at radius 1 is 1.09 bits per heavy atom. The third kappa shape index (κ3) is 2.50. The van der Waals surface area contributed by atoms with Crippen LogP contribution in [0.3, 0.4) is 0 Å². The predicted octanol–water partition coefficient (Wildman–Crippen LogP) is 0.823. The van der Waals surface area contributed by atoms with Crippen LogP contribution in [0.1, 0.15) is 44.1 Å². The molecule has 2 heterocycles. The number of carbonyl (C=O) groups is 1. The van der Waals surface area contributed by atoms with Gasteiger partial charge in [-0.15, -0.1) is 0 Å². The van der Waals surface area contributed by atoms with Crippen molar-refractivity contribution in [1.29, 1.82) is 0 Å². The minimum atomic E-state index is -0.629. The SMILES string of the molecule is Cn1c(O)c(C=C2CC3(CCCCC3)OC2=O)c(=O)n(C)c1=O. The number of hydrogen-bond acceptors (Lipinski definition) is 5. The summed E-state index contributed by atoms with van der Waals surface area (Å²) in [6.07, 6.45) is 6.64. The molecule has 0 radical (unpaired) electrons. The second kappa shape index (κ2) is 5.40. The molecule has 7 nitrogen and oxygen atoms in total. The Morgan fingerprint density at radius 2 is 1.74 bits per heavy atom. The molecule has 2 fully saturated rings. The quantitative estimate of drug-likeness (QED) is 0.611. The van der Waals surface area contributed by atoms with Gasteiger partial charge in [-0.25, -0.2) is 9.59 Å². The molecular formula is C16H20N2O5. The second-order valence-corrected chi connectivity index (χ2v) is 6.42. The van der Waals surface area contributed by atoms with Gasteiger partial charge in [-0.1, -0.05) is 6.42 Å². The minimum Gasteiger partial charge on any atom is -0.494 e. The summed E-state index contributed by atoms with van der Waals surface area (Å²) in [5, 5.41) is 10.1.